The smallest absolute Gasteiger partial charge is 0.235 e. The van der Waals surface area contributed by atoms with Crippen LogP contribution in [-0.4, -0.2) is 14.8 Å². The highest BCUT2D eigenvalue weighted by Gasteiger charge is 2.37. The van der Waals surface area contributed by atoms with Crippen LogP contribution in [0, 0.1) is 0 Å². The lowest BCUT2D eigenvalue weighted by Gasteiger charge is -2.24. The molecule has 0 N–H and O–H groups in total. The average molecular weight is 589 g/mol. The number of allylic oxidation sites excluding steroid dienone is 4. The van der Waals surface area contributed by atoms with E-state index in [2.05, 4.69) is 159 Å². The topological polar surface area (TPSA) is 26.0 Å². The van der Waals surface area contributed by atoms with E-state index in [1.165, 1.54) is 55.0 Å². The zero-order valence-electron chi connectivity index (χ0n) is 24.8. The van der Waals surface area contributed by atoms with Gasteiger partial charge in [-0.3, -0.25) is 0 Å². The predicted octanol–water partition coefficient (Wildman–Crippen LogP) is 10.7. The molecular formula is C42H26N3O+. The van der Waals surface area contributed by atoms with E-state index in [4.69, 9.17) is 4.42 Å². The van der Waals surface area contributed by atoms with Crippen molar-refractivity contribution in [3.63, 3.8) is 0 Å². The number of benzene rings is 6. The number of para-hydroxylation sites is 4. The molecule has 0 fully saturated rings. The zero-order valence-corrected chi connectivity index (χ0v) is 24.8. The van der Waals surface area contributed by atoms with Gasteiger partial charge in [0, 0.05) is 62.3 Å². The fourth-order valence-electron chi connectivity index (χ4n) is 8.09. The molecule has 0 radical (unpaired) electrons. The molecule has 3 aromatic heterocycles. The highest BCUT2D eigenvalue weighted by molar-refractivity contribution is 6.21. The zero-order chi connectivity index (χ0) is 29.9. The summed E-state index contributed by atoms with van der Waals surface area (Å²) in [5, 5.41) is 7.31. The number of rotatable bonds is 2. The van der Waals surface area contributed by atoms with Gasteiger partial charge < -0.3 is 13.6 Å². The van der Waals surface area contributed by atoms with E-state index in [0.717, 1.165) is 33.3 Å². The maximum Gasteiger partial charge on any atom is 0.235 e. The molecule has 2 aliphatic rings. The summed E-state index contributed by atoms with van der Waals surface area (Å²) in [6.45, 7) is 0. The van der Waals surface area contributed by atoms with Gasteiger partial charge in [0.2, 0.25) is 17.1 Å². The molecule has 1 atom stereocenters. The lowest BCUT2D eigenvalue weighted by molar-refractivity contribution is 0.669. The second-order valence-corrected chi connectivity index (χ2v) is 12.3. The van der Waals surface area contributed by atoms with Crippen molar-refractivity contribution in [3.8, 4) is 5.69 Å². The first-order valence-corrected chi connectivity index (χ1v) is 15.8. The van der Waals surface area contributed by atoms with E-state index in [0.29, 0.717) is 0 Å². The number of hydrogen-bond acceptors (Lipinski definition) is 1. The first kappa shape index (κ1) is 24.2. The summed E-state index contributed by atoms with van der Waals surface area (Å²) in [7, 11) is 0. The lowest BCUT2D eigenvalue weighted by atomic mass is 10.0. The minimum absolute atomic E-state index is 0.0625. The molecule has 0 saturated carbocycles. The van der Waals surface area contributed by atoms with Gasteiger partial charge in [-0.15, -0.1) is 0 Å². The van der Waals surface area contributed by atoms with Gasteiger partial charge in [0.1, 0.15) is 22.7 Å². The molecule has 4 heterocycles. The Kier molecular flexibility index (Phi) is 4.60. The largest absolute Gasteiger partial charge is 0.456 e. The van der Waals surface area contributed by atoms with Crippen molar-refractivity contribution in [3.05, 3.63) is 152 Å². The van der Waals surface area contributed by atoms with E-state index in [1.54, 1.807) is 0 Å². The number of fused-ring (bicyclic) bond motifs is 11. The Bertz CT molecular complexity index is 2800. The Morgan fingerprint density at radius 1 is 0.543 bits per heavy atom. The van der Waals surface area contributed by atoms with Gasteiger partial charge in [-0.05, 0) is 42.5 Å². The molecule has 0 amide bonds. The van der Waals surface area contributed by atoms with Crippen molar-refractivity contribution in [2.75, 3.05) is 0 Å². The molecule has 11 rings (SSSR count). The molecule has 0 saturated heterocycles. The highest BCUT2D eigenvalue weighted by Crippen LogP contribution is 2.45. The van der Waals surface area contributed by atoms with Crippen LogP contribution in [0.4, 0.5) is 11.4 Å². The summed E-state index contributed by atoms with van der Waals surface area (Å²) < 4.78 is 13.7. The van der Waals surface area contributed by atoms with E-state index in [9.17, 15) is 0 Å². The van der Waals surface area contributed by atoms with Crippen LogP contribution in [0.25, 0.3) is 71.2 Å². The molecular weight excluding hydrogens is 562 g/mol. The molecule has 6 aromatic carbocycles. The van der Waals surface area contributed by atoms with Crippen LogP contribution in [0.15, 0.2) is 156 Å². The van der Waals surface area contributed by atoms with Crippen LogP contribution in [0.3, 0.4) is 0 Å². The standard InChI is InChI=1S/C42H26N3O/c1-4-14-34-28(10-1)29-11-2-5-15-35(29)43(34)26-20-22-27(23-21-26)44-36-16-6-7-17-37(36)45-39-24-33-30-12-3-8-19-40(30)46-41(33)25-32(39)31-13-9-18-38(44)42(31)45/h1-25,37H/q+1. The molecule has 1 unspecified atom stereocenters. The summed E-state index contributed by atoms with van der Waals surface area (Å²) in [6, 6.07) is 46.1. The van der Waals surface area contributed by atoms with E-state index >= 15 is 0 Å². The second kappa shape index (κ2) is 8.74. The first-order chi connectivity index (χ1) is 22.8. The van der Waals surface area contributed by atoms with Gasteiger partial charge in [0.25, 0.3) is 0 Å². The van der Waals surface area contributed by atoms with E-state index in [1.807, 2.05) is 6.07 Å². The van der Waals surface area contributed by atoms with Gasteiger partial charge in [-0.1, -0.05) is 85.0 Å². The maximum atomic E-state index is 6.34. The SMILES string of the molecule is C1=CC2=[N+](c3ccc(-n4c5ccccc5c5ccccc54)cc3)c3cccc4c5cc6oc7ccccc7c6cc5n(c34)C2C=C1. The number of nitrogens with zero attached hydrogens (tertiary/aromatic N) is 3. The molecule has 1 aliphatic carbocycles. The number of aromatic nitrogens is 2. The molecule has 214 valence electrons. The van der Waals surface area contributed by atoms with Crippen LogP contribution in [0.1, 0.15) is 6.04 Å². The molecule has 1 aliphatic heterocycles. The quantitative estimate of drug-likeness (QED) is 0.185. The molecule has 0 bridgehead atoms. The fourth-order valence-corrected chi connectivity index (χ4v) is 8.09. The monoisotopic (exact) mass is 588 g/mol. The lowest BCUT2D eigenvalue weighted by Crippen LogP contribution is -2.30. The minimum Gasteiger partial charge on any atom is -0.456 e. The van der Waals surface area contributed by atoms with E-state index < -0.39 is 0 Å². The summed E-state index contributed by atoms with van der Waals surface area (Å²) in [6.07, 6.45) is 8.92. The molecule has 4 heteroatoms. The van der Waals surface area contributed by atoms with Crippen molar-refractivity contribution in [1.82, 2.24) is 13.7 Å². The summed E-state index contributed by atoms with van der Waals surface area (Å²) in [4.78, 5) is 0. The van der Waals surface area contributed by atoms with Crippen molar-refractivity contribution in [1.29, 1.82) is 0 Å². The van der Waals surface area contributed by atoms with Crippen molar-refractivity contribution in [2.45, 2.75) is 6.04 Å². The normalized spacial score (nSPS) is 15.8. The summed E-state index contributed by atoms with van der Waals surface area (Å²) >= 11 is 0. The Labute approximate surface area is 263 Å². The number of furan rings is 1. The van der Waals surface area contributed by atoms with Gasteiger partial charge in [0.05, 0.1) is 16.6 Å². The van der Waals surface area contributed by atoms with Crippen LogP contribution in [-0.2, 0) is 0 Å². The van der Waals surface area contributed by atoms with Crippen LogP contribution < -0.4 is 4.58 Å². The van der Waals surface area contributed by atoms with Crippen LogP contribution >= 0.6 is 0 Å². The van der Waals surface area contributed by atoms with Crippen molar-refractivity contribution >= 4 is 82.6 Å². The average Bonchev–Trinajstić information content (AvgIpc) is 3.76. The van der Waals surface area contributed by atoms with Gasteiger partial charge in [0.15, 0.2) is 0 Å². The second-order valence-electron chi connectivity index (χ2n) is 12.3. The van der Waals surface area contributed by atoms with Crippen LogP contribution in [0.2, 0.25) is 0 Å². The third kappa shape index (κ3) is 3.05. The first-order valence-electron chi connectivity index (χ1n) is 15.8. The molecule has 9 aromatic rings. The Morgan fingerprint density at radius 3 is 2.07 bits per heavy atom. The van der Waals surface area contributed by atoms with Crippen molar-refractivity contribution in [2.24, 2.45) is 0 Å². The van der Waals surface area contributed by atoms with Crippen LogP contribution in [0.5, 0.6) is 0 Å². The third-order valence-corrected chi connectivity index (χ3v) is 10.00. The van der Waals surface area contributed by atoms with Gasteiger partial charge >= 0.3 is 0 Å². The maximum absolute atomic E-state index is 6.34. The highest BCUT2D eigenvalue weighted by atomic mass is 16.3. The predicted molar refractivity (Wildman–Crippen MR) is 191 cm³/mol. The molecule has 46 heavy (non-hydrogen) atoms. The number of hydrogen-bond donors (Lipinski definition) is 0. The Morgan fingerprint density at radius 2 is 1.26 bits per heavy atom. The molecule has 0 spiro atoms. The Balaban J connectivity index is 1.15. The van der Waals surface area contributed by atoms with Crippen molar-refractivity contribution < 1.29 is 4.42 Å². The molecule has 4 nitrogen and oxygen atoms in total. The minimum atomic E-state index is 0.0625. The summed E-state index contributed by atoms with van der Waals surface area (Å²) in [5.41, 5.74) is 11.5. The summed E-state index contributed by atoms with van der Waals surface area (Å²) in [5.74, 6) is 0. The van der Waals surface area contributed by atoms with E-state index in [-0.39, 0.29) is 6.04 Å². The van der Waals surface area contributed by atoms with Gasteiger partial charge in [-0.25, -0.2) is 0 Å². The van der Waals surface area contributed by atoms with Gasteiger partial charge in [-0.2, -0.15) is 4.58 Å². The third-order valence-electron chi connectivity index (χ3n) is 10.00. The fraction of sp³-hybridized carbons (Fsp3) is 0.0238. The Hall–Kier alpha value is -6.13.